The molecule has 12 nitrogen and oxygen atoms in total. The molecule has 1 aliphatic carbocycles. The number of hydrogen-bond donors (Lipinski definition) is 0. The van der Waals surface area contributed by atoms with Crippen LogP contribution in [-0.4, -0.2) is 57.9 Å². The maximum absolute atomic E-state index is 12.2. The van der Waals surface area contributed by atoms with Gasteiger partial charge in [-0.3, -0.25) is 4.68 Å². The zero-order valence-electron chi connectivity index (χ0n) is 28.7. The number of methoxy groups -OCH3 is 1. The molecule has 1 aliphatic heterocycles. The Morgan fingerprint density at radius 3 is 2.44 bits per heavy atom. The summed E-state index contributed by atoms with van der Waals surface area (Å²) in [5.41, 5.74) is 5.12. The molecule has 0 bridgehead atoms. The van der Waals surface area contributed by atoms with Crippen LogP contribution in [0.1, 0.15) is 78.4 Å². The molecular formula is C37H40N8O4S. The lowest BCUT2D eigenvalue weighted by molar-refractivity contribution is -0.0405. The van der Waals surface area contributed by atoms with Gasteiger partial charge < -0.3 is 14.4 Å². The minimum atomic E-state index is -3.41. The summed E-state index contributed by atoms with van der Waals surface area (Å²) in [7, 11) is 0.0982. The summed E-state index contributed by atoms with van der Waals surface area (Å²) in [6.45, 7) is 3.18. The Bertz CT molecular complexity index is 2140. The van der Waals surface area contributed by atoms with Crippen molar-refractivity contribution in [2.75, 3.05) is 24.9 Å². The highest BCUT2D eigenvalue weighted by Gasteiger charge is 2.36. The molecular weight excluding hydrogens is 653 g/mol. The Balaban J connectivity index is 1.43. The Kier molecular flexibility index (Phi) is 9.15. The van der Waals surface area contributed by atoms with Gasteiger partial charge in [0.25, 0.3) is 0 Å². The van der Waals surface area contributed by atoms with E-state index in [2.05, 4.69) is 22.1 Å². The highest BCUT2D eigenvalue weighted by Crippen LogP contribution is 2.49. The van der Waals surface area contributed by atoms with Crippen molar-refractivity contribution in [3.8, 4) is 23.1 Å². The number of nitriles is 1. The van der Waals surface area contributed by atoms with Gasteiger partial charge in [-0.15, -0.1) is 0 Å². The fourth-order valence-corrected chi connectivity index (χ4v) is 7.13. The Morgan fingerprint density at radius 2 is 1.84 bits per heavy atom. The Hall–Kier alpha value is -5.06. The lowest BCUT2D eigenvalue weighted by atomic mass is 9.98. The molecule has 2 fully saturated rings. The van der Waals surface area contributed by atoms with Gasteiger partial charge in [-0.1, -0.05) is 24.3 Å². The zero-order valence-corrected chi connectivity index (χ0v) is 29.5. The van der Waals surface area contributed by atoms with Crippen LogP contribution in [0.3, 0.4) is 0 Å². The quantitative estimate of drug-likeness (QED) is 0.153. The average molecular weight is 693 g/mol. The zero-order chi connectivity index (χ0) is 35.0. The fraction of sp³-hybridized carbons (Fsp3) is 0.378. The molecule has 0 N–H and O–H groups in total. The predicted octanol–water partition coefficient (Wildman–Crippen LogP) is 6.36. The second kappa shape index (κ2) is 13.7. The Labute approximate surface area is 292 Å². The number of hydrogen-bond acceptors (Lipinski definition) is 10. The van der Waals surface area contributed by atoms with Gasteiger partial charge in [0.15, 0.2) is 27.7 Å². The van der Waals surface area contributed by atoms with Crippen molar-refractivity contribution in [2.45, 2.75) is 68.5 Å². The number of anilines is 2. The first-order chi connectivity index (χ1) is 24.1. The van der Waals surface area contributed by atoms with Crippen LogP contribution < -0.4 is 9.64 Å². The predicted molar refractivity (Wildman–Crippen MR) is 188 cm³/mol. The third-order valence-electron chi connectivity index (χ3n) is 9.31. The Morgan fingerprint density at radius 1 is 1.08 bits per heavy atom. The van der Waals surface area contributed by atoms with Gasteiger partial charge in [0.1, 0.15) is 17.5 Å². The first kappa shape index (κ1) is 33.4. The van der Waals surface area contributed by atoms with Crippen LogP contribution in [0.15, 0.2) is 71.9 Å². The lowest BCUT2D eigenvalue weighted by Crippen LogP contribution is -2.24. The van der Waals surface area contributed by atoms with Crippen molar-refractivity contribution >= 4 is 21.5 Å². The molecule has 2 aromatic carbocycles. The minimum Gasteiger partial charge on any atom is -0.497 e. The average Bonchev–Trinajstić information content (AvgIpc) is 3.75. The molecule has 2 aliphatic rings. The summed E-state index contributed by atoms with van der Waals surface area (Å²) >= 11 is 0. The topological polar surface area (TPSA) is 141 Å². The smallest absolute Gasteiger partial charge is 0.175 e. The van der Waals surface area contributed by atoms with Gasteiger partial charge in [-0.05, 0) is 80.3 Å². The van der Waals surface area contributed by atoms with Crippen molar-refractivity contribution in [3.05, 3.63) is 95.2 Å². The molecule has 13 heteroatoms. The van der Waals surface area contributed by atoms with Crippen molar-refractivity contribution in [3.63, 3.8) is 0 Å². The van der Waals surface area contributed by atoms with Gasteiger partial charge in [-0.25, -0.2) is 23.1 Å². The van der Waals surface area contributed by atoms with Gasteiger partial charge in [0, 0.05) is 49.0 Å². The summed E-state index contributed by atoms with van der Waals surface area (Å²) in [5.74, 6) is 1.80. The van der Waals surface area contributed by atoms with E-state index in [-0.39, 0.29) is 17.0 Å². The van der Waals surface area contributed by atoms with Crippen LogP contribution in [0.2, 0.25) is 0 Å². The number of aryl methyl sites for hydroxylation is 2. The van der Waals surface area contributed by atoms with Crippen molar-refractivity contribution in [1.29, 1.82) is 5.26 Å². The standard InChI is InChI=1S/C37H40N8O4S/c1-24-19-32(42-45(24)33-7-5-6-18-49-33)44(22-25-8-14-29(48-3)15-9-25)37-34(27-10-11-27)35(28-21-39-43(2)23-28)40-36(41-37)31(20-38)26-12-16-30(17-13-26)50(4,46)47/h8-9,12-17,19,21,23,27,31,33H,5-7,10-11,18,22H2,1-4H3. The van der Waals surface area contributed by atoms with Crippen LogP contribution in [0, 0.1) is 18.3 Å². The lowest BCUT2D eigenvalue weighted by Gasteiger charge is -2.27. The second-order valence-electron chi connectivity index (χ2n) is 13.1. The van der Waals surface area contributed by atoms with Gasteiger partial charge in [-0.2, -0.15) is 15.5 Å². The molecule has 50 heavy (non-hydrogen) atoms. The fourth-order valence-electron chi connectivity index (χ4n) is 6.50. The van der Waals surface area contributed by atoms with E-state index in [4.69, 9.17) is 24.5 Å². The molecule has 5 aromatic rings. The van der Waals surface area contributed by atoms with Crippen LogP contribution in [0.25, 0.3) is 11.3 Å². The minimum absolute atomic E-state index is 0.145. The first-order valence-electron chi connectivity index (χ1n) is 16.8. The normalized spacial score (nSPS) is 16.9. The number of nitrogens with zero attached hydrogens (tertiary/aromatic N) is 8. The molecule has 4 heterocycles. The summed E-state index contributed by atoms with van der Waals surface area (Å²) in [5, 5.41) is 20.2. The van der Waals surface area contributed by atoms with Crippen molar-refractivity contribution < 1.29 is 17.9 Å². The molecule has 0 radical (unpaired) electrons. The second-order valence-corrected chi connectivity index (χ2v) is 15.1. The molecule has 3 aromatic heterocycles. The van der Waals surface area contributed by atoms with Gasteiger partial charge in [0.05, 0.1) is 36.5 Å². The number of aromatic nitrogens is 6. The molecule has 258 valence electrons. The molecule has 2 atom stereocenters. The van der Waals surface area contributed by atoms with Crippen molar-refractivity contribution in [2.24, 2.45) is 7.05 Å². The van der Waals surface area contributed by atoms with E-state index in [0.29, 0.717) is 36.2 Å². The maximum atomic E-state index is 12.2. The third-order valence-corrected chi connectivity index (χ3v) is 10.4. The number of sulfone groups is 1. The van der Waals surface area contributed by atoms with Gasteiger partial charge in [0.2, 0.25) is 0 Å². The van der Waals surface area contributed by atoms with E-state index in [1.54, 1.807) is 30.1 Å². The molecule has 2 unspecified atom stereocenters. The maximum Gasteiger partial charge on any atom is 0.175 e. The molecule has 0 amide bonds. The van der Waals surface area contributed by atoms with Gasteiger partial charge >= 0.3 is 0 Å². The van der Waals surface area contributed by atoms with Crippen LogP contribution in [-0.2, 0) is 28.2 Å². The summed E-state index contributed by atoms with van der Waals surface area (Å²) < 4.78 is 39.7. The van der Waals surface area contributed by atoms with Crippen LogP contribution >= 0.6 is 0 Å². The highest BCUT2D eigenvalue weighted by molar-refractivity contribution is 7.90. The SMILES string of the molecule is COc1ccc(CN(c2cc(C)n(C3CCCCO3)n2)c2nc(C(C#N)c3ccc(S(C)(=O)=O)cc3)nc(-c3cnn(C)c3)c2C2CC2)cc1. The van der Waals surface area contributed by atoms with Crippen molar-refractivity contribution in [1.82, 2.24) is 29.5 Å². The van der Waals surface area contributed by atoms with E-state index in [0.717, 1.165) is 72.2 Å². The number of benzene rings is 2. The van der Waals surface area contributed by atoms with Crippen LogP contribution in [0.5, 0.6) is 5.75 Å². The molecule has 7 rings (SSSR count). The third kappa shape index (κ3) is 6.86. The highest BCUT2D eigenvalue weighted by atomic mass is 32.2. The number of ether oxygens (including phenoxy) is 2. The van der Waals surface area contributed by atoms with E-state index >= 15 is 0 Å². The van der Waals surface area contributed by atoms with E-state index in [1.165, 1.54) is 12.1 Å². The van der Waals surface area contributed by atoms with E-state index in [9.17, 15) is 13.7 Å². The van der Waals surface area contributed by atoms with E-state index < -0.39 is 15.8 Å². The van der Waals surface area contributed by atoms with Crippen LogP contribution in [0.4, 0.5) is 11.6 Å². The monoisotopic (exact) mass is 692 g/mol. The summed E-state index contributed by atoms with van der Waals surface area (Å²) in [6.07, 6.45) is 9.70. The largest absolute Gasteiger partial charge is 0.497 e. The van der Waals surface area contributed by atoms with E-state index in [1.807, 2.05) is 49.1 Å². The molecule has 0 spiro atoms. The first-order valence-corrected chi connectivity index (χ1v) is 18.7. The summed E-state index contributed by atoms with van der Waals surface area (Å²) in [6, 6.07) is 18.8. The number of rotatable bonds is 11. The molecule has 1 saturated heterocycles. The molecule has 1 saturated carbocycles. The summed E-state index contributed by atoms with van der Waals surface area (Å²) in [4.78, 5) is 12.6.